The van der Waals surface area contributed by atoms with Gasteiger partial charge < -0.3 is 14.8 Å². The Kier molecular flexibility index (Phi) is 4.54. The summed E-state index contributed by atoms with van der Waals surface area (Å²) in [6.45, 7) is 4.07. The molecule has 1 fully saturated rings. The summed E-state index contributed by atoms with van der Waals surface area (Å²) in [7, 11) is 0. The third kappa shape index (κ3) is 3.07. The molecule has 2 aliphatic rings. The van der Waals surface area contributed by atoms with Crippen molar-refractivity contribution in [2.45, 2.75) is 6.54 Å². The molecule has 1 aromatic heterocycles. The molecule has 1 saturated heterocycles. The number of amidine groups is 1. The highest BCUT2D eigenvalue weighted by Gasteiger charge is 2.23. The minimum Gasteiger partial charge on any atom is -0.370 e. The summed E-state index contributed by atoms with van der Waals surface area (Å²) in [5.74, 6) is 3.18. The van der Waals surface area contributed by atoms with Crippen LogP contribution in [0.2, 0.25) is 0 Å². The minimum atomic E-state index is 0.141. The molecule has 0 saturated carbocycles. The molecule has 2 aliphatic heterocycles. The summed E-state index contributed by atoms with van der Waals surface area (Å²) in [5.41, 5.74) is 1.86. The molecule has 0 aliphatic carbocycles. The fraction of sp³-hybridized carbons (Fsp3) is 0.412. The summed E-state index contributed by atoms with van der Waals surface area (Å²) in [5, 5.41) is 4.32. The molecule has 7 heteroatoms. The molecule has 3 heterocycles. The molecular weight excluding hydrogens is 388 g/mol. The number of amides is 1. The molecule has 1 amide bonds. The van der Waals surface area contributed by atoms with Crippen LogP contribution in [0.3, 0.4) is 0 Å². The predicted molar refractivity (Wildman–Crippen MR) is 103 cm³/mol. The Morgan fingerprint density at radius 2 is 2.17 bits per heavy atom. The number of halogens is 1. The van der Waals surface area contributed by atoms with Crippen molar-refractivity contribution in [1.29, 1.82) is 0 Å². The molecule has 0 spiro atoms. The molecule has 1 aromatic carbocycles. The van der Waals surface area contributed by atoms with Gasteiger partial charge in [0.25, 0.3) is 5.91 Å². The van der Waals surface area contributed by atoms with E-state index in [2.05, 4.69) is 36.9 Å². The highest BCUT2D eigenvalue weighted by Crippen LogP contribution is 2.27. The number of fused-ring (bicyclic) bond motifs is 1. The number of nitrogens with zero attached hydrogens (tertiary/aromatic N) is 3. The molecule has 0 bridgehead atoms. The lowest BCUT2D eigenvalue weighted by Gasteiger charge is -2.26. The van der Waals surface area contributed by atoms with Gasteiger partial charge in [-0.2, -0.15) is 11.8 Å². The Hall–Kier alpha value is -1.47. The molecule has 0 radical (unpaired) electrons. The van der Waals surface area contributed by atoms with Gasteiger partial charge in [-0.3, -0.25) is 9.79 Å². The maximum absolute atomic E-state index is 13.0. The van der Waals surface area contributed by atoms with Crippen molar-refractivity contribution in [3.05, 3.63) is 34.4 Å². The number of carbonyl (C=O) groups is 1. The second-order valence-electron chi connectivity index (χ2n) is 5.99. The van der Waals surface area contributed by atoms with Gasteiger partial charge in [0.2, 0.25) is 0 Å². The summed E-state index contributed by atoms with van der Waals surface area (Å²) < 4.78 is 3.15. The number of carbonyl (C=O) groups excluding carboxylic acids is 1. The van der Waals surface area contributed by atoms with E-state index < -0.39 is 0 Å². The lowest BCUT2D eigenvalue weighted by atomic mass is 10.1. The normalized spacial score (nSPS) is 17.9. The molecule has 126 valence electrons. The van der Waals surface area contributed by atoms with E-state index in [1.807, 2.05) is 35.0 Å². The SMILES string of the molecule is O=C(c1cn(CC2=NCCN2)c2cc(Br)ccc12)N1CCSCC1. The van der Waals surface area contributed by atoms with Crippen LogP contribution in [0.15, 0.2) is 33.9 Å². The number of aliphatic imine (C=N–C) groups is 1. The van der Waals surface area contributed by atoms with Crippen molar-refractivity contribution >= 4 is 50.3 Å². The van der Waals surface area contributed by atoms with Crippen LogP contribution in [-0.4, -0.2) is 58.9 Å². The van der Waals surface area contributed by atoms with Gasteiger partial charge in [-0.15, -0.1) is 0 Å². The van der Waals surface area contributed by atoms with Gasteiger partial charge in [0, 0.05) is 47.2 Å². The zero-order valence-corrected chi connectivity index (χ0v) is 15.7. The van der Waals surface area contributed by atoms with E-state index >= 15 is 0 Å². The van der Waals surface area contributed by atoms with Crippen molar-refractivity contribution < 1.29 is 4.79 Å². The summed E-state index contributed by atoms with van der Waals surface area (Å²) in [4.78, 5) is 19.4. The Morgan fingerprint density at radius 1 is 1.33 bits per heavy atom. The second kappa shape index (κ2) is 6.80. The number of benzene rings is 1. The van der Waals surface area contributed by atoms with Crippen LogP contribution < -0.4 is 5.32 Å². The van der Waals surface area contributed by atoms with E-state index in [0.717, 1.165) is 64.5 Å². The van der Waals surface area contributed by atoms with Crippen molar-refractivity contribution in [1.82, 2.24) is 14.8 Å². The Bertz CT molecular complexity index is 810. The lowest BCUT2D eigenvalue weighted by molar-refractivity contribution is 0.0774. The fourth-order valence-electron chi connectivity index (χ4n) is 3.22. The third-order valence-electron chi connectivity index (χ3n) is 4.44. The van der Waals surface area contributed by atoms with Gasteiger partial charge in [-0.1, -0.05) is 22.0 Å². The number of aromatic nitrogens is 1. The molecule has 5 nitrogen and oxygen atoms in total. The zero-order chi connectivity index (χ0) is 16.5. The first-order valence-electron chi connectivity index (χ1n) is 8.15. The van der Waals surface area contributed by atoms with E-state index in [4.69, 9.17) is 0 Å². The van der Waals surface area contributed by atoms with Gasteiger partial charge in [0.1, 0.15) is 5.84 Å². The number of thioether (sulfide) groups is 1. The topological polar surface area (TPSA) is 49.6 Å². The van der Waals surface area contributed by atoms with E-state index in [0.29, 0.717) is 6.54 Å². The van der Waals surface area contributed by atoms with Crippen LogP contribution in [0.4, 0.5) is 0 Å². The molecule has 0 unspecified atom stereocenters. The van der Waals surface area contributed by atoms with Crippen molar-refractivity contribution in [2.24, 2.45) is 4.99 Å². The Balaban J connectivity index is 1.73. The smallest absolute Gasteiger partial charge is 0.256 e. The predicted octanol–water partition coefficient (Wildman–Crippen LogP) is 2.59. The van der Waals surface area contributed by atoms with Crippen LogP contribution in [0.25, 0.3) is 10.9 Å². The quantitative estimate of drug-likeness (QED) is 0.851. The van der Waals surface area contributed by atoms with Gasteiger partial charge in [0.05, 0.1) is 24.2 Å². The first-order chi connectivity index (χ1) is 11.7. The maximum Gasteiger partial charge on any atom is 0.256 e. The van der Waals surface area contributed by atoms with Crippen LogP contribution in [0, 0.1) is 0 Å². The monoisotopic (exact) mass is 406 g/mol. The van der Waals surface area contributed by atoms with Crippen molar-refractivity contribution in [3.8, 4) is 0 Å². The number of rotatable bonds is 3. The highest BCUT2D eigenvalue weighted by molar-refractivity contribution is 9.10. The van der Waals surface area contributed by atoms with Crippen molar-refractivity contribution in [3.63, 3.8) is 0 Å². The number of hydrogen-bond donors (Lipinski definition) is 1. The third-order valence-corrected chi connectivity index (χ3v) is 5.87. The Labute approximate surface area is 153 Å². The van der Waals surface area contributed by atoms with Gasteiger partial charge in [0.15, 0.2) is 0 Å². The van der Waals surface area contributed by atoms with E-state index in [-0.39, 0.29) is 5.91 Å². The Morgan fingerprint density at radius 3 is 2.92 bits per heavy atom. The summed E-state index contributed by atoms with van der Waals surface area (Å²) in [6, 6.07) is 6.11. The molecule has 24 heavy (non-hydrogen) atoms. The molecule has 0 atom stereocenters. The van der Waals surface area contributed by atoms with E-state index in [1.54, 1.807) is 0 Å². The molecule has 4 rings (SSSR count). The first kappa shape index (κ1) is 16.0. The van der Waals surface area contributed by atoms with Crippen LogP contribution >= 0.6 is 27.7 Å². The lowest BCUT2D eigenvalue weighted by Crippen LogP contribution is -2.37. The minimum absolute atomic E-state index is 0.141. The second-order valence-corrected chi connectivity index (χ2v) is 8.13. The van der Waals surface area contributed by atoms with Crippen LogP contribution in [0.5, 0.6) is 0 Å². The maximum atomic E-state index is 13.0. The van der Waals surface area contributed by atoms with Crippen LogP contribution in [0.1, 0.15) is 10.4 Å². The zero-order valence-electron chi connectivity index (χ0n) is 13.3. The summed E-state index contributed by atoms with van der Waals surface area (Å²) in [6.07, 6.45) is 1.99. The summed E-state index contributed by atoms with van der Waals surface area (Å²) >= 11 is 5.46. The van der Waals surface area contributed by atoms with Crippen molar-refractivity contribution in [2.75, 3.05) is 37.7 Å². The molecule has 1 N–H and O–H groups in total. The van der Waals surface area contributed by atoms with Gasteiger partial charge in [-0.25, -0.2) is 0 Å². The average molecular weight is 407 g/mol. The number of hydrogen-bond acceptors (Lipinski definition) is 4. The molecular formula is C17H19BrN4OS. The largest absolute Gasteiger partial charge is 0.370 e. The standard InChI is InChI=1S/C17H19BrN4OS/c18-12-1-2-13-14(17(23)21-5-7-24-8-6-21)10-22(15(13)9-12)11-16-19-3-4-20-16/h1-2,9-10H,3-8,11H2,(H,19,20). The molecule has 2 aromatic rings. The number of nitrogens with one attached hydrogen (secondary N) is 1. The average Bonchev–Trinajstić information content (AvgIpc) is 3.24. The fourth-order valence-corrected chi connectivity index (χ4v) is 4.47. The van der Waals surface area contributed by atoms with E-state index in [1.165, 1.54) is 0 Å². The van der Waals surface area contributed by atoms with E-state index in [9.17, 15) is 4.79 Å². The van der Waals surface area contributed by atoms with Gasteiger partial charge in [-0.05, 0) is 12.1 Å². The first-order valence-corrected chi connectivity index (χ1v) is 10.1. The highest BCUT2D eigenvalue weighted by atomic mass is 79.9. The van der Waals surface area contributed by atoms with Crippen LogP contribution in [-0.2, 0) is 6.54 Å². The van der Waals surface area contributed by atoms with Gasteiger partial charge >= 0.3 is 0 Å².